The summed E-state index contributed by atoms with van der Waals surface area (Å²) >= 11 is 0. The van der Waals surface area contributed by atoms with Crippen molar-refractivity contribution in [1.29, 1.82) is 5.26 Å². The van der Waals surface area contributed by atoms with Crippen LogP contribution in [-0.2, 0) is 0 Å². The summed E-state index contributed by atoms with van der Waals surface area (Å²) < 4.78 is 7.16. The maximum Gasteiger partial charge on any atom is 0.102 e. The molecule has 0 fully saturated rings. The van der Waals surface area contributed by atoms with Gasteiger partial charge in [-0.2, -0.15) is 5.26 Å². The van der Waals surface area contributed by atoms with E-state index in [1.54, 1.807) is 0 Å². The van der Waals surface area contributed by atoms with E-state index in [1.807, 2.05) is 0 Å². The van der Waals surface area contributed by atoms with Crippen LogP contribution in [0.5, 0.6) is 0 Å². The minimum Gasteiger partial charge on any atom is -0.308 e. The Bertz CT molecular complexity index is 4230. The van der Waals surface area contributed by atoms with Crippen LogP contribution in [-0.4, -0.2) is 13.7 Å². The number of hydrogen-bond acceptors (Lipinski definition) is 1. The molecular formula is C67H42N4. The highest BCUT2D eigenvalue weighted by atomic mass is 15.1. The lowest BCUT2D eigenvalue weighted by Crippen LogP contribution is -2.05. The van der Waals surface area contributed by atoms with Gasteiger partial charge in [0.2, 0.25) is 0 Å². The first-order chi connectivity index (χ1) is 35.2. The van der Waals surface area contributed by atoms with Crippen LogP contribution in [0.15, 0.2) is 255 Å². The van der Waals surface area contributed by atoms with Crippen molar-refractivity contribution in [2.45, 2.75) is 0 Å². The van der Waals surface area contributed by atoms with Gasteiger partial charge in [0.25, 0.3) is 0 Å². The van der Waals surface area contributed by atoms with Gasteiger partial charge in [-0.25, -0.2) is 0 Å². The Morgan fingerprint density at radius 1 is 0.268 bits per heavy atom. The second-order valence-corrected chi connectivity index (χ2v) is 18.4. The molecule has 14 aromatic rings. The molecule has 4 nitrogen and oxygen atoms in total. The molecule has 71 heavy (non-hydrogen) atoms. The fourth-order valence-corrected chi connectivity index (χ4v) is 11.2. The Balaban J connectivity index is 1.15. The number of para-hydroxylation sites is 2. The van der Waals surface area contributed by atoms with Crippen LogP contribution in [0.4, 0.5) is 0 Å². The first kappa shape index (κ1) is 40.4. The van der Waals surface area contributed by atoms with Crippen molar-refractivity contribution in [2.75, 3.05) is 0 Å². The summed E-state index contributed by atoms with van der Waals surface area (Å²) in [4.78, 5) is 0. The molecule has 0 saturated heterocycles. The van der Waals surface area contributed by atoms with Crippen LogP contribution in [0.1, 0.15) is 5.56 Å². The van der Waals surface area contributed by atoms with Crippen LogP contribution in [0.25, 0.3) is 127 Å². The predicted molar refractivity (Wildman–Crippen MR) is 296 cm³/mol. The standard InChI is InChI=1S/C67H42N4/c68-43-58-64(70-60-34-30-48(44-18-6-1-7-19-44)38-54(60)55-39-49(31-35-61(55)70)45-20-8-2-9-21-45)42-65(67-66(58)53-28-16-17-29-59(53)69(67)52-26-14-5-15-27-52)71-62-36-32-50(46-22-10-3-11-23-46)40-56(62)57-41-51(33-37-63(57)71)47-24-12-4-13-25-47/h1-42H. The van der Waals surface area contributed by atoms with Gasteiger partial charge >= 0.3 is 0 Å². The highest BCUT2D eigenvalue weighted by Crippen LogP contribution is 2.46. The van der Waals surface area contributed by atoms with E-state index in [-0.39, 0.29) is 0 Å². The Morgan fingerprint density at radius 2 is 0.606 bits per heavy atom. The van der Waals surface area contributed by atoms with Crippen LogP contribution in [0.3, 0.4) is 0 Å². The van der Waals surface area contributed by atoms with Gasteiger partial charge in [0.05, 0.1) is 50.0 Å². The number of fused-ring (bicyclic) bond motifs is 9. The molecule has 0 amide bonds. The molecule has 3 heterocycles. The molecule has 11 aromatic carbocycles. The third kappa shape index (κ3) is 6.38. The molecule has 0 aliphatic carbocycles. The van der Waals surface area contributed by atoms with Gasteiger partial charge in [0.1, 0.15) is 6.07 Å². The largest absolute Gasteiger partial charge is 0.308 e. The van der Waals surface area contributed by atoms with E-state index in [0.717, 1.165) is 116 Å². The molecular weight excluding hydrogens is 861 g/mol. The van der Waals surface area contributed by atoms with E-state index in [9.17, 15) is 5.26 Å². The minimum atomic E-state index is 0.617. The number of aromatic nitrogens is 3. The maximum atomic E-state index is 11.8. The van der Waals surface area contributed by atoms with Gasteiger partial charge in [0.15, 0.2) is 0 Å². The van der Waals surface area contributed by atoms with E-state index >= 15 is 0 Å². The van der Waals surface area contributed by atoms with Gasteiger partial charge in [-0.1, -0.05) is 182 Å². The van der Waals surface area contributed by atoms with Gasteiger partial charge in [-0.3, -0.25) is 0 Å². The van der Waals surface area contributed by atoms with Crippen molar-refractivity contribution in [3.63, 3.8) is 0 Å². The summed E-state index contributed by atoms with van der Waals surface area (Å²) in [7, 11) is 0. The highest BCUT2D eigenvalue weighted by Gasteiger charge is 2.27. The summed E-state index contributed by atoms with van der Waals surface area (Å²) in [6.07, 6.45) is 0. The van der Waals surface area contributed by atoms with E-state index in [2.05, 4.69) is 275 Å². The SMILES string of the molecule is N#Cc1c(-n2c3ccc(-c4ccccc4)cc3c3cc(-c4ccccc4)ccc32)cc(-n2c3ccc(-c4ccccc4)cc3c3cc(-c4ccccc4)ccc32)c2c1c1ccccc1n2-c1ccccc1. The summed E-state index contributed by atoms with van der Waals surface area (Å²) in [6, 6.07) is 94.1. The van der Waals surface area contributed by atoms with Crippen LogP contribution >= 0.6 is 0 Å². The monoisotopic (exact) mass is 902 g/mol. The van der Waals surface area contributed by atoms with Gasteiger partial charge in [-0.05, 0) is 117 Å². The first-order valence-corrected chi connectivity index (χ1v) is 24.1. The van der Waals surface area contributed by atoms with Gasteiger partial charge < -0.3 is 13.7 Å². The molecule has 0 saturated carbocycles. The van der Waals surface area contributed by atoms with Crippen LogP contribution in [0.2, 0.25) is 0 Å². The Hall–Kier alpha value is -9.69. The van der Waals surface area contributed by atoms with E-state index in [4.69, 9.17) is 0 Å². The normalized spacial score (nSPS) is 11.6. The zero-order valence-corrected chi connectivity index (χ0v) is 38.5. The van der Waals surface area contributed by atoms with Crippen LogP contribution in [0, 0.1) is 11.3 Å². The predicted octanol–water partition coefficient (Wildman–Crippen LogP) is 17.5. The molecule has 0 radical (unpaired) electrons. The van der Waals surface area contributed by atoms with Crippen molar-refractivity contribution in [2.24, 2.45) is 0 Å². The Morgan fingerprint density at radius 3 is 1.00 bits per heavy atom. The highest BCUT2D eigenvalue weighted by molar-refractivity contribution is 6.19. The summed E-state index contributed by atoms with van der Waals surface area (Å²) in [6.45, 7) is 0. The third-order valence-corrected chi connectivity index (χ3v) is 14.5. The molecule has 0 atom stereocenters. The molecule has 0 bridgehead atoms. The molecule has 3 aromatic heterocycles. The van der Waals surface area contributed by atoms with E-state index in [0.29, 0.717) is 5.56 Å². The van der Waals surface area contributed by atoms with Gasteiger partial charge in [0, 0.05) is 38.0 Å². The lowest BCUT2D eigenvalue weighted by Gasteiger charge is -2.19. The number of rotatable bonds is 7. The number of benzene rings is 11. The van der Waals surface area contributed by atoms with Crippen molar-refractivity contribution in [3.8, 4) is 67.6 Å². The average molecular weight is 903 g/mol. The molecule has 4 heteroatoms. The molecule has 0 unspecified atom stereocenters. The summed E-state index contributed by atoms with van der Waals surface area (Å²) in [5, 5.41) is 18.3. The smallest absolute Gasteiger partial charge is 0.102 e. The zero-order valence-electron chi connectivity index (χ0n) is 38.5. The molecule has 14 rings (SSSR count). The fraction of sp³-hybridized carbons (Fsp3) is 0. The summed E-state index contributed by atoms with van der Waals surface area (Å²) in [5.41, 5.74) is 18.9. The quantitative estimate of drug-likeness (QED) is 0.157. The van der Waals surface area contributed by atoms with E-state index in [1.165, 1.54) is 11.1 Å². The third-order valence-electron chi connectivity index (χ3n) is 14.5. The molecule has 0 N–H and O–H groups in total. The van der Waals surface area contributed by atoms with Crippen molar-refractivity contribution in [1.82, 2.24) is 13.7 Å². The molecule has 330 valence electrons. The second-order valence-electron chi connectivity index (χ2n) is 18.4. The number of hydrogen-bond donors (Lipinski definition) is 0. The molecule has 0 aliphatic heterocycles. The number of nitriles is 1. The zero-order chi connectivity index (χ0) is 47.0. The number of nitrogens with zero attached hydrogens (tertiary/aromatic N) is 4. The average Bonchev–Trinajstić information content (AvgIpc) is 4.09. The topological polar surface area (TPSA) is 38.6 Å². The first-order valence-electron chi connectivity index (χ1n) is 24.1. The van der Waals surface area contributed by atoms with Gasteiger partial charge in [-0.15, -0.1) is 0 Å². The van der Waals surface area contributed by atoms with Crippen molar-refractivity contribution in [3.05, 3.63) is 260 Å². The Kier molecular flexibility index (Phi) is 9.23. The molecule has 0 spiro atoms. The maximum absolute atomic E-state index is 11.8. The minimum absolute atomic E-state index is 0.617. The second kappa shape index (κ2) is 16.2. The van der Waals surface area contributed by atoms with Crippen LogP contribution < -0.4 is 0 Å². The van der Waals surface area contributed by atoms with E-state index < -0.39 is 0 Å². The van der Waals surface area contributed by atoms with Crippen molar-refractivity contribution < 1.29 is 0 Å². The lowest BCUT2D eigenvalue weighted by molar-refractivity contribution is 1.11. The molecule has 0 aliphatic rings. The van der Waals surface area contributed by atoms with Crippen molar-refractivity contribution >= 4 is 65.4 Å². The summed E-state index contributed by atoms with van der Waals surface area (Å²) in [5.74, 6) is 0. The fourth-order valence-electron chi connectivity index (χ4n) is 11.2. The lowest BCUT2D eigenvalue weighted by atomic mass is 10.0. The Labute approximate surface area is 410 Å².